The van der Waals surface area contributed by atoms with Crippen LogP contribution in [0, 0.1) is 0 Å². The van der Waals surface area contributed by atoms with E-state index in [0.29, 0.717) is 22.1 Å². The molecule has 2 aliphatic rings. The lowest BCUT2D eigenvalue weighted by Crippen LogP contribution is -2.14. The van der Waals surface area contributed by atoms with Gasteiger partial charge in [-0.05, 0) is 54.1 Å². The Hall–Kier alpha value is -4.18. The zero-order valence-electron chi connectivity index (χ0n) is 18.6. The van der Waals surface area contributed by atoms with Gasteiger partial charge in [-0.1, -0.05) is 40.8 Å². The molecule has 0 atom stereocenters. The van der Waals surface area contributed by atoms with Crippen LogP contribution in [0.25, 0.3) is 33.4 Å². The summed E-state index contributed by atoms with van der Waals surface area (Å²) in [5.41, 5.74) is 2.93. The highest BCUT2D eigenvalue weighted by atomic mass is 127. The van der Waals surface area contributed by atoms with Crippen molar-refractivity contribution in [1.29, 1.82) is 0 Å². The first-order valence-electron chi connectivity index (χ1n) is 10.9. The average molecular weight is 591 g/mol. The van der Waals surface area contributed by atoms with Gasteiger partial charge in [0.05, 0.1) is 5.56 Å². The van der Waals surface area contributed by atoms with E-state index in [4.69, 9.17) is 4.42 Å². The van der Waals surface area contributed by atoms with Crippen molar-refractivity contribution in [1.82, 2.24) is 0 Å². The van der Waals surface area contributed by atoms with E-state index in [-0.39, 0.29) is 39.3 Å². The second-order valence-electron chi connectivity index (χ2n) is 8.13. The molecule has 3 aromatic carbocycles. The van der Waals surface area contributed by atoms with Crippen molar-refractivity contribution >= 4 is 51.1 Å². The number of carboxylic acids is 1. The molecule has 0 aromatic heterocycles. The number of halogens is 1. The average Bonchev–Trinajstić information content (AvgIpc) is 2.87. The van der Waals surface area contributed by atoms with Crippen molar-refractivity contribution in [2.45, 2.75) is 4.43 Å². The molecule has 1 aliphatic heterocycles. The minimum absolute atomic E-state index is 0.0406. The molecule has 178 valence electrons. The molecule has 36 heavy (non-hydrogen) atoms. The van der Waals surface area contributed by atoms with Crippen LogP contribution in [-0.4, -0.2) is 22.1 Å². The number of carbonyl (C=O) groups excluding carboxylic acids is 1. The van der Waals surface area contributed by atoms with Gasteiger partial charge in [0, 0.05) is 49.9 Å². The number of fused-ring (bicyclic) bond motifs is 2. The third kappa shape index (κ3) is 4.31. The highest BCUT2D eigenvalue weighted by Crippen LogP contribution is 2.44. The normalized spacial score (nSPS) is 11.0. The number of amides is 1. The Morgan fingerprint density at radius 3 is 2.42 bits per heavy atom. The van der Waals surface area contributed by atoms with E-state index in [1.165, 1.54) is 30.3 Å². The van der Waals surface area contributed by atoms with Crippen LogP contribution < -0.4 is 10.7 Å². The van der Waals surface area contributed by atoms with Gasteiger partial charge in [0.15, 0.2) is 5.43 Å². The van der Waals surface area contributed by atoms with Gasteiger partial charge in [0.25, 0.3) is 5.91 Å². The van der Waals surface area contributed by atoms with Crippen molar-refractivity contribution in [3.05, 3.63) is 106 Å². The summed E-state index contributed by atoms with van der Waals surface area (Å²) in [6, 6.07) is 20.5. The van der Waals surface area contributed by atoms with Gasteiger partial charge in [-0.15, -0.1) is 0 Å². The molecule has 0 unspecified atom stereocenters. The van der Waals surface area contributed by atoms with E-state index >= 15 is 0 Å². The van der Waals surface area contributed by atoms with Crippen LogP contribution in [0.2, 0.25) is 0 Å². The van der Waals surface area contributed by atoms with Crippen molar-refractivity contribution in [2.75, 3.05) is 5.32 Å². The first-order valence-corrected chi connectivity index (χ1v) is 12.4. The number of phenols is 1. The Balaban J connectivity index is 1.78. The predicted octanol–water partition coefficient (Wildman–Crippen LogP) is 6.16. The molecule has 0 fully saturated rings. The first-order chi connectivity index (χ1) is 17.4. The maximum Gasteiger partial charge on any atom is 0.336 e. The molecule has 3 aromatic rings. The Kier molecular flexibility index (Phi) is 6.19. The van der Waals surface area contributed by atoms with Crippen LogP contribution in [0.5, 0.6) is 5.75 Å². The largest absolute Gasteiger partial charge is 0.508 e. The van der Waals surface area contributed by atoms with Gasteiger partial charge >= 0.3 is 5.97 Å². The number of hydrogen-bond donors (Lipinski definition) is 3. The number of anilines is 1. The van der Waals surface area contributed by atoms with Crippen LogP contribution in [0.3, 0.4) is 0 Å². The third-order valence-electron chi connectivity index (χ3n) is 5.84. The van der Waals surface area contributed by atoms with Gasteiger partial charge in [0.1, 0.15) is 17.1 Å². The molecule has 0 bridgehead atoms. The van der Waals surface area contributed by atoms with Gasteiger partial charge in [-0.3, -0.25) is 9.59 Å². The van der Waals surface area contributed by atoms with Crippen LogP contribution in [0.1, 0.15) is 26.3 Å². The van der Waals surface area contributed by atoms with Gasteiger partial charge < -0.3 is 19.9 Å². The van der Waals surface area contributed by atoms with Crippen molar-refractivity contribution in [3.63, 3.8) is 0 Å². The van der Waals surface area contributed by atoms with Gasteiger partial charge in [-0.2, -0.15) is 0 Å². The van der Waals surface area contributed by atoms with Crippen molar-refractivity contribution in [3.8, 4) is 28.2 Å². The fourth-order valence-electron chi connectivity index (χ4n) is 4.17. The standard InChI is InChI=1S/C28H18INO6/c29-14-15-4-6-16(7-5-15)27(33)30-22-3-1-2-21(28(34)35)26(22)25-19-10-8-17(31)12-23(19)36-24-13-18(32)9-11-20(24)25/h1-13,31H,14H2,(H,30,33)(H,34,35). The van der Waals surface area contributed by atoms with Crippen molar-refractivity contribution < 1.29 is 24.2 Å². The van der Waals surface area contributed by atoms with E-state index < -0.39 is 11.9 Å². The number of nitrogens with one attached hydrogen (secondary N) is 1. The second-order valence-corrected chi connectivity index (χ2v) is 8.90. The zero-order valence-corrected chi connectivity index (χ0v) is 20.8. The maximum absolute atomic E-state index is 13.1. The molecule has 0 saturated heterocycles. The number of carboxylic acid groups (broad SMARTS) is 1. The molecule has 1 aliphatic carbocycles. The number of rotatable bonds is 5. The topological polar surface area (TPSA) is 117 Å². The third-order valence-corrected chi connectivity index (χ3v) is 6.72. The number of benzene rings is 4. The highest BCUT2D eigenvalue weighted by molar-refractivity contribution is 14.1. The van der Waals surface area contributed by atoms with Crippen LogP contribution in [0.15, 0.2) is 88.1 Å². The minimum Gasteiger partial charge on any atom is -0.508 e. The van der Waals surface area contributed by atoms with Gasteiger partial charge in [-0.25, -0.2) is 4.79 Å². The number of alkyl halides is 1. The lowest BCUT2D eigenvalue weighted by atomic mass is 9.89. The number of hydrogen-bond acceptors (Lipinski definition) is 5. The van der Waals surface area contributed by atoms with Gasteiger partial charge in [0.2, 0.25) is 0 Å². The summed E-state index contributed by atoms with van der Waals surface area (Å²) < 4.78 is 6.70. The van der Waals surface area contributed by atoms with Crippen molar-refractivity contribution in [2.24, 2.45) is 0 Å². The number of carbonyl (C=O) groups is 2. The molecular weight excluding hydrogens is 573 g/mol. The molecule has 7 nitrogen and oxygen atoms in total. The summed E-state index contributed by atoms with van der Waals surface area (Å²) in [7, 11) is 0. The quantitative estimate of drug-likeness (QED) is 0.128. The molecule has 0 saturated carbocycles. The fraction of sp³-hybridized carbons (Fsp3) is 0.0357. The summed E-state index contributed by atoms with van der Waals surface area (Å²) in [4.78, 5) is 37.5. The minimum atomic E-state index is -1.19. The predicted molar refractivity (Wildman–Crippen MR) is 145 cm³/mol. The molecule has 3 N–H and O–H groups in total. The first kappa shape index (κ1) is 23.6. The summed E-state index contributed by atoms with van der Waals surface area (Å²) in [5, 5.41) is 23.5. The Morgan fingerprint density at radius 1 is 0.917 bits per heavy atom. The SMILES string of the molecule is O=C(Nc1cccc(C(=O)O)c1-c1c2ccc(=O)cc-2oc2cc(O)ccc12)c1ccc(CI)cc1. The summed E-state index contributed by atoms with van der Waals surface area (Å²) in [6.45, 7) is 0. The lowest BCUT2D eigenvalue weighted by molar-refractivity contribution is 0.0697. The van der Waals surface area contributed by atoms with E-state index in [1.54, 1.807) is 36.4 Å². The molecular formula is C28H18INO6. The number of aromatic hydroxyl groups is 1. The zero-order chi connectivity index (χ0) is 25.4. The highest BCUT2D eigenvalue weighted by Gasteiger charge is 2.25. The van der Waals surface area contributed by atoms with E-state index in [0.717, 1.165) is 9.99 Å². The van der Waals surface area contributed by atoms with Crippen LogP contribution in [0.4, 0.5) is 5.69 Å². The lowest BCUT2D eigenvalue weighted by Gasteiger charge is -2.20. The Morgan fingerprint density at radius 2 is 1.69 bits per heavy atom. The molecule has 1 amide bonds. The fourth-order valence-corrected chi connectivity index (χ4v) is 4.68. The summed E-state index contributed by atoms with van der Waals surface area (Å²) >= 11 is 2.24. The molecule has 0 spiro atoms. The maximum atomic E-state index is 13.1. The van der Waals surface area contributed by atoms with E-state index in [1.807, 2.05) is 12.1 Å². The summed E-state index contributed by atoms with van der Waals surface area (Å²) in [5.74, 6) is -1.41. The molecule has 8 heteroatoms. The smallest absolute Gasteiger partial charge is 0.336 e. The van der Waals surface area contributed by atoms with E-state index in [2.05, 4.69) is 27.9 Å². The molecule has 5 rings (SSSR count). The van der Waals surface area contributed by atoms with E-state index in [9.17, 15) is 24.6 Å². The molecule has 0 radical (unpaired) electrons. The van der Waals surface area contributed by atoms with Crippen LogP contribution in [-0.2, 0) is 4.43 Å². The Bertz CT molecular complexity index is 1670. The van der Waals surface area contributed by atoms with Crippen LogP contribution >= 0.6 is 22.6 Å². The number of phenolic OH excluding ortho intramolecular Hbond substituents is 1. The Labute approximate surface area is 218 Å². The second kappa shape index (κ2) is 9.46. The number of aromatic carboxylic acids is 1. The molecule has 1 heterocycles. The monoisotopic (exact) mass is 591 g/mol. The summed E-state index contributed by atoms with van der Waals surface area (Å²) in [6.07, 6.45) is 0.